The van der Waals surface area contributed by atoms with E-state index in [-0.39, 0.29) is 10.6 Å². The molecular formula is C15H13Br2F. The molecule has 0 saturated heterocycles. The van der Waals surface area contributed by atoms with Gasteiger partial charge in [-0.05, 0) is 54.3 Å². The third kappa shape index (κ3) is 2.83. The molecule has 2 rings (SSSR count). The molecule has 0 aliphatic carbocycles. The second-order valence-corrected chi connectivity index (χ2v) is 6.15. The van der Waals surface area contributed by atoms with Crippen molar-refractivity contribution in [3.8, 4) is 0 Å². The van der Waals surface area contributed by atoms with Gasteiger partial charge in [-0.25, -0.2) is 4.39 Å². The number of rotatable bonds is 2. The van der Waals surface area contributed by atoms with Crippen LogP contribution in [0.15, 0.2) is 40.9 Å². The number of alkyl halides is 1. The summed E-state index contributed by atoms with van der Waals surface area (Å²) in [6.07, 6.45) is 0. The Morgan fingerprint density at radius 2 is 1.78 bits per heavy atom. The highest BCUT2D eigenvalue weighted by atomic mass is 79.9. The molecule has 0 radical (unpaired) electrons. The molecule has 3 heteroatoms. The summed E-state index contributed by atoms with van der Waals surface area (Å²) in [7, 11) is 0. The fourth-order valence-electron chi connectivity index (χ4n) is 1.92. The lowest BCUT2D eigenvalue weighted by Gasteiger charge is -2.15. The van der Waals surface area contributed by atoms with Gasteiger partial charge in [-0.2, -0.15) is 0 Å². The number of benzene rings is 2. The predicted octanol–water partition coefficient (Wildman–Crippen LogP) is 5.69. The Hall–Kier alpha value is -0.670. The maximum absolute atomic E-state index is 13.3. The van der Waals surface area contributed by atoms with Gasteiger partial charge >= 0.3 is 0 Å². The van der Waals surface area contributed by atoms with Crippen molar-refractivity contribution in [1.82, 2.24) is 0 Å². The van der Waals surface area contributed by atoms with Gasteiger partial charge in [0.05, 0.1) is 4.83 Å². The Balaban J connectivity index is 2.46. The van der Waals surface area contributed by atoms with Crippen LogP contribution in [0, 0.1) is 19.7 Å². The van der Waals surface area contributed by atoms with Crippen molar-refractivity contribution in [1.29, 1.82) is 0 Å². The van der Waals surface area contributed by atoms with Crippen LogP contribution >= 0.6 is 31.9 Å². The van der Waals surface area contributed by atoms with Crippen molar-refractivity contribution in [2.45, 2.75) is 18.7 Å². The third-order valence-corrected chi connectivity index (χ3v) is 4.84. The number of halogens is 3. The molecule has 0 N–H and O–H groups in total. The molecule has 0 nitrogen and oxygen atoms in total. The normalized spacial score (nSPS) is 12.5. The first kappa shape index (κ1) is 13.8. The van der Waals surface area contributed by atoms with E-state index in [0.29, 0.717) is 0 Å². The molecule has 1 unspecified atom stereocenters. The fraction of sp³-hybridized carbons (Fsp3) is 0.200. The molecule has 0 fully saturated rings. The van der Waals surface area contributed by atoms with E-state index in [1.54, 1.807) is 12.1 Å². The van der Waals surface area contributed by atoms with Crippen LogP contribution in [0.4, 0.5) is 4.39 Å². The number of hydrogen-bond acceptors (Lipinski definition) is 0. The van der Waals surface area contributed by atoms with Crippen LogP contribution < -0.4 is 0 Å². The van der Waals surface area contributed by atoms with Gasteiger partial charge in [-0.1, -0.05) is 50.1 Å². The van der Waals surface area contributed by atoms with Crippen LogP contribution in [-0.2, 0) is 0 Å². The van der Waals surface area contributed by atoms with Gasteiger partial charge < -0.3 is 0 Å². The molecule has 1 atom stereocenters. The molecule has 0 aromatic heterocycles. The first-order valence-electron chi connectivity index (χ1n) is 5.65. The zero-order chi connectivity index (χ0) is 13.3. The first-order chi connectivity index (χ1) is 8.49. The van der Waals surface area contributed by atoms with Gasteiger partial charge in [0.2, 0.25) is 0 Å². The molecule has 2 aromatic carbocycles. The number of aryl methyl sites for hydroxylation is 2. The summed E-state index contributed by atoms with van der Waals surface area (Å²) in [5, 5.41) is 0. The predicted molar refractivity (Wildman–Crippen MR) is 80.8 cm³/mol. The molecule has 0 heterocycles. The van der Waals surface area contributed by atoms with Crippen molar-refractivity contribution >= 4 is 31.9 Å². The lowest BCUT2D eigenvalue weighted by molar-refractivity contribution is 0.626. The Labute approximate surface area is 123 Å². The summed E-state index contributed by atoms with van der Waals surface area (Å²) in [5.41, 5.74) is 4.45. The highest BCUT2D eigenvalue weighted by Gasteiger charge is 2.14. The highest BCUT2D eigenvalue weighted by Crippen LogP contribution is 2.35. The van der Waals surface area contributed by atoms with Crippen molar-refractivity contribution in [2.75, 3.05) is 0 Å². The lowest BCUT2D eigenvalue weighted by Crippen LogP contribution is -1.97. The summed E-state index contributed by atoms with van der Waals surface area (Å²) in [6.45, 7) is 4.12. The zero-order valence-electron chi connectivity index (χ0n) is 10.2. The average molecular weight is 372 g/mol. The van der Waals surface area contributed by atoms with E-state index in [4.69, 9.17) is 0 Å². The van der Waals surface area contributed by atoms with Crippen molar-refractivity contribution in [2.24, 2.45) is 0 Å². The third-order valence-electron chi connectivity index (χ3n) is 2.96. The first-order valence-corrected chi connectivity index (χ1v) is 7.36. The van der Waals surface area contributed by atoms with Gasteiger partial charge in [0.1, 0.15) is 5.82 Å². The monoisotopic (exact) mass is 370 g/mol. The van der Waals surface area contributed by atoms with Gasteiger partial charge in [0.15, 0.2) is 0 Å². The molecule has 0 aliphatic heterocycles. The summed E-state index contributed by atoms with van der Waals surface area (Å²) < 4.78 is 14.4. The van der Waals surface area contributed by atoms with Gasteiger partial charge in [0, 0.05) is 4.47 Å². The van der Waals surface area contributed by atoms with E-state index in [1.807, 2.05) is 6.07 Å². The van der Waals surface area contributed by atoms with Crippen molar-refractivity contribution in [3.63, 3.8) is 0 Å². The maximum Gasteiger partial charge on any atom is 0.123 e. The minimum atomic E-state index is -0.205. The van der Waals surface area contributed by atoms with Gasteiger partial charge in [-0.15, -0.1) is 0 Å². The van der Waals surface area contributed by atoms with Crippen molar-refractivity contribution in [3.05, 3.63) is 68.9 Å². The van der Waals surface area contributed by atoms with E-state index >= 15 is 0 Å². The van der Waals surface area contributed by atoms with Crippen LogP contribution in [-0.4, -0.2) is 0 Å². The standard InChI is InChI=1S/C15H13Br2F/c1-9-7-14(16)10(2)6-13(9)15(17)11-4-3-5-12(18)8-11/h3-8,15H,1-2H3. The molecule has 94 valence electrons. The van der Waals surface area contributed by atoms with Crippen LogP contribution in [0.25, 0.3) is 0 Å². The van der Waals surface area contributed by atoms with Crippen LogP contribution in [0.1, 0.15) is 27.1 Å². The molecule has 0 aliphatic rings. The molecular weight excluding hydrogens is 359 g/mol. The molecule has 0 bridgehead atoms. The fourth-order valence-corrected chi connectivity index (χ4v) is 3.16. The quantitative estimate of drug-likeness (QED) is 0.595. The molecule has 2 aromatic rings. The van der Waals surface area contributed by atoms with Gasteiger partial charge in [-0.3, -0.25) is 0 Å². The summed E-state index contributed by atoms with van der Waals surface area (Å²) >= 11 is 7.18. The maximum atomic E-state index is 13.3. The van der Waals surface area contributed by atoms with E-state index in [9.17, 15) is 4.39 Å². The minimum absolute atomic E-state index is 0.0139. The Bertz CT molecular complexity index is 579. The average Bonchev–Trinajstić information content (AvgIpc) is 2.33. The lowest BCUT2D eigenvalue weighted by atomic mass is 9.98. The topological polar surface area (TPSA) is 0 Å². The molecule has 18 heavy (non-hydrogen) atoms. The SMILES string of the molecule is Cc1cc(C(Br)c2cccc(F)c2)c(C)cc1Br. The Morgan fingerprint density at radius 1 is 1.06 bits per heavy atom. The van der Waals surface area contributed by atoms with E-state index in [0.717, 1.165) is 10.0 Å². The molecule has 0 saturated carbocycles. The Kier molecular flexibility index (Phi) is 4.23. The van der Waals surface area contributed by atoms with E-state index in [1.165, 1.54) is 22.8 Å². The second-order valence-electron chi connectivity index (χ2n) is 4.38. The van der Waals surface area contributed by atoms with E-state index < -0.39 is 0 Å². The smallest absolute Gasteiger partial charge is 0.123 e. The van der Waals surface area contributed by atoms with Crippen molar-refractivity contribution < 1.29 is 4.39 Å². The second kappa shape index (κ2) is 5.54. The summed E-state index contributed by atoms with van der Waals surface area (Å²) in [4.78, 5) is 0.0139. The highest BCUT2D eigenvalue weighted by molar-refractivity contribution is 9.10. The van der Waals surface area contributed by atoms with E-state index in [2.05, 4.69) is 57.8 Å². The van der Waals surface area contributed by atoms with Crippen LogP contribution in [0.3, 0.4) is 0 Å². The zero-order valence-corrected chi connectivity index (χ0v) is 13.3. The summed E-state index contributed by atoms with van der Waals surface area (Å²) in [5.74, 6) is -0.205. The molecule has 0 amide bonds. The summed E-state index contributed by atoms with van der Waals surface area (Å²) in [6, 6.07) is 10.9. The number of hydrogen-bond donors (Lipinski definition) is 0. The largest absolute Gasteiger partial charge is 0.207 e. The van der Waals surface area contributed by atoms with Gasteiger partial charge in [0.25, 0.3) is 0 Å². The minimum Gasteiger partial charge on any atom is -0.207 e. The molecule has 0 spiro atoms. The van der Waals surface area contributed by atoms with Crippen LogP contribution in [0.5, 0.6) is 0 Å². The Morgan fingerprint density at radius 3 is 2.44 bits per heavy atom. The van der Waals surface area contributed by atoms with Crippen LogP contribution in [0.2, 0.25) is 0 Å².